The molecule has 0 fully saturated rings. The van der Waals surface area contributed by atoms with Gasteiger partial charge in [-0.3, -0.25) is 9.80 Å². The SMILES string of the molecule is CCOc1nccc2c(C(=O)c3c(F)cc4c(c3F)CCN4NC(=O)OC(C)(C)C)cccc12. The lowest BCUT2D eigenvalue weighted by atomic mass is 9.95. The predicted molar refractivity (Wildman–Crippen MR) is 123 cm³/mol. The highest BCUT2D eigenvalue weighted by Gasteiger charge is 2.32. The minimum atomic E-state index is -1.02. The Hall–Kier alpha value is -3.75. The number of fused-ring (bicyclic) bond motifs is 2. The van der Waals surface area contributed by atoms with Gasteiger partial charge in [0.2, 0.25) is 5.88 Å². The highest BCUT2D eigenvalue weighted by Crippen LogP contribution is 2.35. The average molecular weight is 469 g/mol. The Bertz CT molecular complexity index is 1290. The number of ketones is 1. The summed E-state index contributed by atoms with van der Waals surface area (Å²) >= 11 is 0. The van der Waals surface area contributed by atoms with Crippen molar-refractivity contribution in [3.63, 3.8) is 0 Å². The number of carbonyl (C=O) groups is 2. The molecule has 34 heavy (non-hydrogen) atoms. The highest BCUT2D eigenvalue weighted by atomic mass is 19.1. The fourth-order valence-corrected chi connectivity index (χ4v) is 3.97. The van der Waals surface area contributed by atoms with E-state index < -0.39 is 34.7 Å². The molecule has 0 saturated heterocycles. The van der Waals surface area contributed by atoms with Crippen LogP contribution in [0.1, 0.15) is 49.2 Å². The molecule has 3 aromatic rings. The summed E-state index contributed by atoms with van der Waals surface area (Å²) in [5, 5.41) is 2.38. The van der Waals surface area contributed by atoms with Crippen molar-refractivity contribution in [2.24, 2.45) is 0 Å². The maximum absolute atomic E-state index is 15.5. The first kappa shape index (κ1) is 23.4. The van der Waals surface area contributed by atoms with E-state index in [1.165, 1.54) is 17.3 Å². The van der Waals surface area contributed by atoms with E-state index >= 15 is 8.78 Å². The van der Waals surface area contributed by atoms with Gasteiger partial charge in [0.1, 0.15) is 17.2 Å². The molecule has 0 bridgehead atoms. The van der Waals surface area contributed by atoms with Crippen molar-refractivity contribution in [1.82, 2.24) is 10.4 Å². The van der Waals surface area contributed by atoms with Gasteiger partial charge >= 0.3 is 6.09 Å². The smallest absolute Gasteiger partial charge is 0.426 e. The summed E-state index contributed by atoms with van der Waals surface area (Å²) in [5.41, 5.74) is 1.58. The Morgan fingerprint density at radius 1 is 1.18 bits per heavy atom. The number of hydrogen-bond donors (Lipinski definition) is 1. The number of hydrogen-bond acceptors (Lipinski definition) is 6. The molecule has 0 spiro atoms. The molecule has 1 N–H and O–H groups in total. The molecule has 4 rings (SSSR count). The van der Waals surface area contributed by atoms with Crippen LogP contribution in [0.25, 0.3) is 10.8 Å². The first-order chi connectivity index (χ1) is 16.1. The molecule has 178 valence electrons. The van der Waals surface area contributed by atoms with Crippen LogP contribution in [-0.4, -0.2) is 35.6 Å². The molecule has 7 nitrogen and oxygen atoms in total. The van der Waals surface area contributed by atoms with E-state index in [0.717, 1.165) is 6.07 Å². The lowest BCUT2D eigenvalue weighted by Gasteiger charge is -2.25. The summed E-state index contributed by atoms with van der Waals surface area (Å²) in [5.74, 6) is -2.40. The Balaban J connectivity index is 1.71. The van der Waals surface area contributed by atoms with Gasteiger partial charge in [0.25, 0.3) is 0 Å². The second-order valence-corrected chi connectivity index (χ2v) is 8.84. The lowest BCUT2D eigenvalue weighted by Crippen LogP contribution is -2.44. The molecule has 0 atom stereocenters. The number of carbonyl (C=O) groups excluding carboxylic acids is 2. The van der Waals surface area contributed by atoms with Crippen LogP contribution in [0.5, 0.6) is 5.88 Å². The van der Waals surface area contributed by atoms with E-state index in [4.69, 9.17) is 9.47 Å². The number of benzene rings is 2. The number of rotatable bonds is 5. The van der Waals surface area contributed by atoms with Crippen molar-refractivity contribution in [2.75, 3.05) is 18.2 Å². The third kappa shape index (κ3) is 4.37. The summed E-state index contributed by atoms with van der Waals surface area (Å²) in [6, 6.07) is 7.55. The van der Waals surface area contributed by atoms with Gasteiger partial charge in [-0.05, 0) is 51.6 Å². The van der Waals surface area contributed by atoms with Crippen LogP contribution in [0.4, 0.5) is 19.3 Å². The number of hydrazine groups is 1. The number of nitrogens with zero attached hydrogens (tertiary/aromatic N) is 2. The molecule has 0 radical (unpaired) electrons. The number of pyridine rings is 1. The van der Waals surface area contributed by atoms with Crippen LogP contribution in [0.15, 0.2) is 36.5 Å². The first-order valence-electron chi connectivity index (χ1n) is 10.9. The highest BCUT2D eigenvalue weighted by molar-refractivity contribution is 6.17. The monoisotopic (exact) mass is 469 g/mol. The molecule has 0 unspecified atom stereocenters. The summed E-state index contributed by atoms with van der Waals surface area (Å²) in [7, 11) is 0. The van der Waals surface area contributed by atoms with E-state index in [1.54, 1.807) is 39.0 Å². The standard InChI is InChI=1S/C25H25F2N3O4/c1-5-33-23-16-8-6-7-15(14(16)9-11-28-23)22(31)20-18(26)13-19-17(21(20)27)10-12-30(19)29-24(32)34-25(2,3)4/h6-9,11,13H,5,10,12H2,1-4H3,(H,29,32). The van der Waals surface area contributed by atoms with Crippen LogP contribution in [-0.2, 0) is 11.2 Å². The van der Waals surface area contributed by atoms with Crippen molar-refractivity contribution in [2.45, 2.75) is 39.7 Å². The van der Waals surface area contributed by atoms with Gasteiger partial charge in [0.15, 0.2) is 5.78 Å². The Labute approximate surface area is 195 Å². The van der Waals surface area contributed by atoms with Crippen molar-refractivity contribution >= 4 is 28.3 Å². The van der Waals surface area contributed by atoms with Crippen molar-refractivity contribution in [1.29, 1.82) is 0 Å². The average Bonchev–Trinajstić information content (AvgIpc) is 3.14. The van der Waals surface area contributed by atoms with Crippen molar-refractivity contribution in [3.8, 4) is 5.88 Å². The molecule has 0 saturated carbocycles. The molecule has 0 aliphatic carbocycles. The van der Waals surface area contributed by atoms with Gasteiger partial charge in [-0.2, -0.15) is 0 Å². The number of amides is 1. The summed E-state index contributed by atoms with van der Waals surface area (Å²) in [4.78, 5) is 29.6. The quantitative estimate of drug-likeness (QED) is 0.533. The Morgan fingerprint density at radius 3 is 2.65 bits per heavy atom. The van der Waals surface area contributed by atoms with E-state index in [1.807, 2.05) is 6.92 Å². The second-order valence-electron chi connectivity index (χ2n) is 8.84. The molecular weight excluding hydrogens is 444 g/mol. The Kier molecular flexibility index (Phi) is 6.12. The van der Waals surface area contributed by atoms with Crippen LogP contribution in [0.3, 0.4) is 0 Å². The van der Waals surface area contributed by atoms with Gasteiger partial charge in [-0.25, -0.2) is 24.0 Å². The normalized spacial score (nSPS) is 13.1. The minimum Gasteiger partial charge on any atom is -0.478 e. The number of ether oxygens (including phenoxy) is 2. The fourth-order valence-electron chi connectivity index (χ4n) is 3.97. The summed E-state index contributed by atoms with van der Waals surface area (Å²) in [6.45, 7) is 7.53. The lowest BCUT2D eigenvalue weighted by molar-refractivity contribution is 0.0522. The van der Waals surface area contributed by atoms with E-state index in [9.17, 15) is 9.59 Å². The van der Waals surface area contributed by atoms with Crippen LogP contribution in [0, 0.1) is 11.6 Å². The predicted octanol–water partition coefficient (Wildman–Crippen LogP) is 4.94. The van der Waals surface area contributed by atoms with E-state index in [-0.39, 0.29) is 29.8 Å². The molecule has 1 amide bonds. The van der Waals surface area contributed by atoms with Crippen molar-refractivity contribution in [3.05, 3.63) is 64.9 Å². The largest absolute Gasteiger partial charge is 0.478 e. The second kappa shape index (κ2) is 8.89. The molecule has 1 aliphatic rings. The minimum absolute atomic E-state index is 0.139. The van der Waals surface area contributed by atoms with Gasteiger partial charge in [0, 0.05) is 35.3 Å². The van der Waals surface area contributed by atoms with Gasteiger partial charge in [0.05, 0.1) is 17.9 Å². The summed E-state index contributed by atoms with van der Waals surface area (Å²) < 4.78 is 41.4. The van der Waals surface area contributed by atoms with E-state index in [2.05, 4.69) is 10.4 Å². The number of halogens is 2. The topological polar surface area (TPSA) is 80.8 Å². The van der Waals surface area contributed by atoms with E-state index in [0.29, 0.717) is 23.3 Å². The molecule has 1 aromatic heterocycles. The molecule has 2 heterocycles. The number of anilines is 1. The van der Waals surface area contributed by atoms with Crippen LogP contribution < -0.4 is 15.2 Å². The maximum atomic E-state index is 15.5. The Morgan fingerprint density at radius 2 is 1.94 bits per heavy atom. The summed E-state index contributed by atoms with van der Waals surface area (Å²) in [6.07, 6.45) is 0.932. The molecule has 2 aromatic carbocycles. The zero-order valence-electron chi connectivity index (χ0n) is 19.4. The fraction of sp³-hybridized carbons (Fsp3) is 0.320. The van der Waals surface area contributed by atoms with Crippen LogP contribution in [0.2, 0.25) is 0 Å². The third-order valence-corrected chi connectivity index (χ3v) is 5.32. The van der Waals surface area contributed by atoms with Gasteiger partial charge < -0.3 is 9.47 Å². The molecule has 1 aliphatic heterocycles. The zero-order chi connectivity index (χ0) is 24.6. The zero-order valence-corrected chi connectivity index (χ0v) is 19.4. The molecule has 9 heteroatoms. The van der Waals surface area contributed by atoms with Crippen molar-refractivity contribution < 1.29 is 27.8 Å². The number of aromatic nitrogens is 1. The first-order valence-corrected chi connectivity index (χ1v) is 10.9. The van der Waals surface area contributed by atoms with Gasteiger partial charge in [-0.15, -0.1) is 0 Å². The van der Waals surface area contributed by atoms with Gasteiger partial charge in [-0.1, -0.05) is 12.1 Å². The number of nitrogens with one attached hydrogen (secondary N) is 1. The third-order valence-electron chi connectivity index (χ3n) is 5.32. The molecular formula is C25H25F2N3O4. The van der Waals surface area contributed by atoms with Crippen LogP contribution >= 0.6 is 0 Å². The maximum Gasteiger partial charge on any atom is 0.426 e.